The zero-order valence-electron chi connectivity index (χ0n) is 14.6. The summed E-state index contributed by atoms with van der Waals surface area (Å²) < 4.78 is 1.93. The Labute approximate surface area is 149 Å². The second kappa shape index (κ2) is 7.40. The third kappa shape index (κ3) is 3.93. The van der Waals surface area contributed by atoms with Crippen LogP contribution in [0.1, 0.15) is 31.2 Å². The summed E-state index contributed by atoms with van der Waals surface area (Å²) in [6, 6.07) is 10.2. The fourth-order valence-electron chi connectivity index (χ4n) is 3.70. The van der Waals surface area contributed by atoms with Crippen molar-refractivity contribution < 1.29 is 4.79 Å². The number of amides is 1. The normalized spacial score (nSPS) is 21.2. The molecule has 1 aromatic carbocycles. The van der Waals surface area contributed by atoms with Crippen molar-refractivity contribution in [2.75, 3.05) is 19.6 Å². The van der Waals surface area contributed by atoms with Gasteiger partial charge in [0.25, 0.3) is 0 Å². The number of hydrogen-bond acceptors (Lipinski definition) is 3. The van der Waals surface area contributed by atoms with Crippen LogP contribution >= 0.6 is 0 Å². The highest BCUT2D eigenvalue weighted by Gasteiger charge is 2.27. The Morgan fingerprint density at radius 1 is 1.20 bits per heavy atom. The van der Waals surface area contributed by atoms with E-state index in [0.29, 0.717) is 11.8 Å². The van der Waals surface area contributed by atoms with E-state index >= 15 is 0 Å². The van der Waals surface area contributed by atoms with Crippen molar-refractivity contribution >= 4 is 5.91 Å². The molecule has 0 spiro atoms. The molecule has 2 heterocycles. The van der Waals surface area contributed by atoms with Crippen molar-refractivity contribution in [3.63, 3.8) is 0 Å². The molecule has 1 aromatic heterocycles. The van der Waals surface area contributed by atoms with Gasteiger partial charge in [-0.2, -0.15) is 5.10 Å². The summed E-state index contributed by atoms with van der Waals surface area (Å²) in [4.78, 5) is 14.4. The predicted molar refractivity (Wildman–Crippen MR) is 97.3 cm³/mol. The third-order valence-electron chi connectivity index (χ3n) is 5.47. The summed E-state index contributed by atoms with van der Waals surface area (Å²) in [6.45, 7) is 3.91. The van der Waals surface area contributed by atoms with E-state index in [9.17, 15) is 4.79 Å². The number of likely N-dealkylation sites (tertiary alicyclic amines) is 1. The molecule has 5 heteroatoms. The average molecular weight is 338 g/mol. The molecule has 132 valence electrons. The molecule has 1 atom stereocenters. The summed E-state index contributed by atoms with van der Waals surface area (Å²) in [6.07, 6.45) is 8.60. The first-order valence-electron chi connectivity index (χ1n) is 9.37. The van der Waals surface area contributed by atoms with Gasteiger partial charge in [0.05, 0.1) is 11.9 Å². The van der Waals surface area contributed by atoms with Crippen LogP contribution in [0.2, 0.25) is 0 Å². The first-order chi connectivity index (χ1) is 12.3. The van der Waals surface area contributed by atoms with Crippen LogP contribution in [-0.2, 0) is 11.3 Å². The fraction of sp³-hybridized carbons (Fsp3) is 0.500. The van der Waals surface area contributed by atoms with Crippen molar-refractivity contribution in [3.05, 3.63) is 48.3 Å². The van der Waals surface area contributed by atoms with Gasteiger partial charge in [0, 0.05) is 37.3 Å². The van der Waals surface area contributed by atoms with E-state index in [4.69, 9.17) is 0 Å². The molecule has 1 saturated carbocycles. The second-order valence-electron chi connectivity index (χ2n) is 7.39. The van der Waals surface area contributed by atoms with Gasteiger partial charge in [0.1, 0.15) is 0 Å². The Kier molecular flexibility index (Phi) is 4.83. The van der Waals surface area contributed by atoms with Gasteiger partial charge in [-0.3, -0.25) is 9.69 Å². The van der Waals surface area contributed by atoms with E-state index in [1.165, 1.54) is 12.0 Å². The maximum atomic E-state index is 12.0. The van der Waals surface area contributed by atoms with Crippen LogP contribution in [0.3, 0.4) is 0 Å². The van der Waals surface area contributed by atoms with Gasteiger partial charge in [0.2, 0.25) is 5.91 Å². The van der Waals surface area contributed by atoms with Gasteiger partial charge in [-0.1, -0.05) is 24.6 Å². The highest BCUT2D eigenvalue weighted by molar-refractivity contribution is 5.79. The average Bonchev–Trinajstić information content (AvgIpc) is 3.22. The summed E-state index contributed by atoms with van der Waals surface area (Å²) in [7, 11) is 0. The number of aromatic nitrogens is 2. The fourth-order valence-corrected chi connectivity index (χ4v) is 3.70. The molecule has 0 unspecified atom stereocenters. The van der Waals surface area contributed by atoms with Crippen LogP contribution in [-0.4, -0.2) is 40.2 Å². The number of nitrogens with one attached hydrogen (secondary N) is 1. The maximum absolute atomic E-state index is 12.0. The van der Waals surface area contributed by atoms with Gasteiger partial charge in [0.15, 0.2) is 0 Å². The standard InChI is InChI=1S/C20H26N4O/c25-20(18-5-4-6-18)21-11-16-9-10-23(13-16)14-17-12-22-24(15-17)19-7-2-1-3-8-19/h1-3,7-8,12,15-16,18H,4-6,9-11,13-14H2,(H,21,25)/t16-/m1/s1. The number of carbonyl (C=O) groups is 1. The molecule has 0 radical (unpaired) electrons. The third-order valence-corrected chi connectivity index (χ3v) is 5.47. The Morgan fingerprint density at radius 3 is 2.80 bits per heavy atom. The number of hydrogen-bond donors (Lipinski definition) is 1. The Morgan fingerprint density at radius 2 is 2.04 bits per heavy atom. The van der Waals surface area contributed by atoms with Crippen molar-refractivity contribution in [1.29, 1.82) is 0 Å². The first kappa shape index (κ1) is 16.3. The Bertz CT molecular complexity index is 707. The molecule has 2 fully saturated rings. The summed E-state index contributed by atoms with van der Waals surface area (Å²) in [5.74, 6) is 1.14. The molecule has 1 aliphatic carbocycles. The zero-order valence-corrected chi connectivity index (χ0v) is 14.6. The maximum Gasteiger partial charge on any atom is 0.223 e. The van der Waals surface area contributed by atoms with E-state index in [1.54, 1.807) is 0 Å². The Balaban J connectivity index is 1.25. The van der Waals surface area contributed by atoms with E-state index in [-0.39, 0.29) is 5.91 Å². The molecule has 2 aliphatic rings. The minimum absolute atomic E-state index is 0.272. The second-order valence-corrected chi connectivity index (χ2v) is 7.39. The number of carbonyl (C=O) groups excluding carboxylic acids is 1. The van der Waals surface area contributed by atoms with Crippen molar-refractivity contribution in [1.82, 2.24) is 20.0 Å². The monoisotopic (exact) mass is 338 g/mol. The summed E-state index contributed by atoms with van der Waals surface area (Å²) >= 11 is 0. The van der Waals surface area contributed by atoms with Gasteiger partial charge in [-0.15, -0.1) is 0 Å². The van der Waals surface area contributed by atoms with Crippen molar-refractivity contribution in [2.24, 2.45) is 11.8 Å². The van der Waals surface area contributed by atoms with Crippen molar-refractivity contribution in [2.45, 2.75) is 32.2 Å². The molecule has 25 heavy (non-hydrogen) atoms. The van der Waals surface area contributed by atoms with E-state index in [0.717, 1.165) is 51.1 Å². The number of benzene rings is 1. The molecule has 1 N–H and O–H groups in total. The van der Waals surface area contributed by atoms with Crippen LogP contribution in [0.5, 0.6) is 0 Å². The highest BCUT2D eigenvalue weighted by Crippen LogP contribution is 2.26. The lowest BCUT2D eigenvalue weighted by molar-refractivity contribution is -0.127. The van der Waals surface area contributed by atoms with Gasteiger partial charge in [-0.05, 0) is 43.9 Å². The summed E-state index contributed by atoms with van der Waals surface area (Å²) in [5.41, 5.74) is 2.33. The van der Waals surface area contributed by atoms with Crippen LogP contribution in [0, 0.1) is 11.8 Å². The lowest BCUT2D eigenvalue weighted by Crippen LogP contribution is -2.37. The van der Waals surface area contributed by atoms with Gasteiger partial charge < -0.3 is 5.32 Å². The van der Waals surface area contributed by atoms with E-state index < -0.39 is 0 Å². The highest BCUT2D eigenvalue weighted by atomic mass is 16.1. The first-order valence-corrected chi connectivity index (χ1v) is 9.37. The van der Waals surface area contributed by atoms with Crippen molar-refractivity contribution in [3.8, 4) is 5.69 Å². The lowest BCUT2D eigenvalue weighted by atomic mass is 9.85. The molecule has 1 amide bonds. The van der Waals surface area contributed by atoms with E-state index in [2.05, 4.69) is 33.6 Å². The van der Waals surface area contributed by atoms with Crippen LogP contribution in [0.25, 0.3) is 5.69 Å². The molecule has 0 bridgehead atoms. The van der Waals surface area contributed by atoms with Gasteiger partial charge >= 0.3 is 0 Å². The Hall–Kier alpha value is -2.14. The number of para-hydroxylation sites is 1. The topological polar surface area (TPSA) is 50.2 Å². The molecular weight excluding hydrogens is 312 g/mol. The SMILES string of the molecule is O=C(NC[C@H]1CCN(Cc2cnn(-c3ccccc3)c2)C1)C1CCC1. The number of rotatable bonds is 6. The number of nitrogens with zero attached hydrogens (tertiary/aromatic N) is 3. The van der Waals surface area contributed by atoms with E-state index in [1.807, 2.05) is 29.1 Å². The smallest absolute Gasteiger partial charge is 0.223 e. The summed E-state index contributed by atoms with van der Waals surface area (Å²) in [5, 5.41) is 7.63. The van der Waals surface area contributed by atoms with Gasteiger partial charge in [-0.25, -0.2) is 4.68 Å². The predicted octanol–water partition coefficient (Wildman–Crippen LogP) is 2.61. The lowest BCUT2D eigenvalue weighted by Gasteiger charge is -2.25. The van der Waals surface area contributed by atoms with Crippen LogP contribution < -0.4 is 5.32 Å². The van der Waals surface area contributed by atoms with Crippen LogP contribution in [0.4, 0.5) is 0 Å². The molecular formula is C20H26N4O. The molecule has 5 nitrogen and oxygen atoms in total. The quantitative estimate of drug-likeness (QED) is 0.881. The minimum atomic E-state index is 0.272. The largest absolute Gasteiger partial charge is 0.356 e. The molecule has 1 aliphatic heterocycles. The molecule has 1 saturated heterocycles. The molecule has 4 rings (SSSR count). The zero-order chi connectivity index (χ0) is 17.1. The molecule has 2 aromatic rings. The minimum Gasteiger partial charge on any atom is -0.356 e. The van der Waals surface area contributed by atoms with Crippen LogP contribution in [0.15, 0.2) is 42.7 Å².